The molecule has 0 fully saturated rings. The largest absolute Gasteiger partial charge is 0.466 e. The summed E-state index contributed by atoms with van der Waals surface area (Å²) in [5, 5.41) is 12.4. The van der Waals surface area contributed by atoms with Crippen molar-refractivity contribution in [1.82, 2.24) is 15.6 Å². The van der Waals surface area contributed by atoms with Gasteiger partial charge in [-0.25, -0.2) is 0 Å². The number of pyridine rings is 1. The molecule has 0 aliphatic heterocycles. The van der Waals surface area contributed by atoms with Crippen molar-refractivity contribution in [1.29, 1.82) is 0 Å². The second-order valence-corrected chi connectivity index (χ2v) is 6.82. The third kappa shape index (κ3) is 8.07. The van der Waals surface area contributed by atoms with Crippen LogP contribution in [-0.2, 0) is 14.3 Å². The Balaban J connectivity index is 1.96. The highest BCUT2D eigenvalue weighted by Gasteiger charge is 2.20. The van der Waals surface area contributed by atoms with Gasteiger partial charge in [0.05, 0.1) is 25.6 Å². The molecule has 0 radical (unpaired) electrons. The van der Waals surface area contributed by atoms with Crippen LogP contribution in [0.25, 0.3) is 0 Å². The van der Waals surface area contributed by atoms with Crippen molar-refractivity contribution in [3.05, 3.63) is 59.9 Å². The number of nitrogens with zero attached hydrogens (tertiary/aromatic N) is 1. The lowest BCUT2D eigenvalue weighted by Gasteiger charge is -2.18. The third-order valence-electron chi connectivity index (χ3n) is 3.99. The quantitative estimate of drug-likeness (QED) is 0.336. The number of ether oxygens (including phenoxy) is 1. The third-order valence-corrected chi connectivity index (χ3v) is 4.30. The summed E-state index contributed by atoms with van der Waals surface area (Å²) in [7, 11) is 0. The van der Waals surface area contributed by atoms with E-state index in [1.54, 1.807) is 43.6 Å². The fourth-order valence-corrected chi connectivity index (χ4v) is 2.79. The first kappa shape index (κ1) is 23.8. The predicted octanol–water partition coefficient (Wildman–Crippen LogP) is 1.76. The molecule has 164 valence electrons. The van der Waals surface area contributed by atoms with Gasteiger partial charge in [-0.05, 0) is 36.8 Å². The second kappa shape index (κ2) is 12.3. The van der Waals surface area contributed by atoms with Crippen molar-refractivity contribution < 1.29 is 23.9 Å². The Morgan fingerprint density at radius 2 is 2.00 bits per heavy atom. The first-order valence-electron chi connectivity index (χ1n) is 9.33. The Labute approximate surface area is 183 Å². The van der Waals surface area contributed by atoms with Gasteiger partial charge < -0.3 is 20.7 Å². The van der Waals surface area contributed by atoms with E-state index in [0.717, 1.165) is 0 Å². The molecule has 0 spiro atoms. The molecule has 1 heterocycles. The molecule has 2 rings (SSSR count). The zero-order valence-electron chi connectivity index (χ0n) is 16.8. The molecule has 0 saturated heterocycles. The molecule has 3 amide bonds. The monoisotopic (exact) mass is 445 g/mol. The Kier molecular flexibility index (Phi) is 9.46. The van der Waals surface area contributed by atoms with E-state index in [-0.39, 0.29) is 25.1 Å². The summed E-state index contributed by atoms with van der Waals surface area (Å²) in [5.74, 6) is -1.46. The molecule has 1 aromatic heterocycles. The van der Waals surface area contributed by atoms with Crippen LogP contribution in [0, 0.1) is 0 Å². The first-order valence-corrected chi connectivity index (χ1v) is 10.2. The van der Waals surface area contributed by atoms with Crippen molar-refractivity contribution in [3.8, 4) is 0 Å². The van der Waals surface area contributed by atoms with Gasteiger partial charge in [-0.1, -0.05) is 12.1 Å². The van der Waals surface area contributed by atoms with Crippen molar-refractivity contribution in [2.45, 2.75) is 19.4 Å². The van der Waals surface area contributed by atoms with Crippen LogP contribution in [0.5, 0.6) is 0 Å². The Morgan fingerprint density at radius 1 is 1.19 bits per heavy atom. The topological polar surface area (TPSA) is 153 Å². The molecule has 0 saturated carbocycles. The number of esters is 1. The van der Waals surface area contributed by atoms with E-state index in [2.05, 4.69) is 20.9 Å². The predicted molar refractivity (Wildman–Crippen MR) is 116 cm³/mol. The van der Waals surface area contributed by atoms with Crippen LogP contribution in [0.3, 0.4) is 0 Å². The van der Waals surface area contributed by atoms with Crippen LogP contribution in [-0.4, -0.2) is 41.2 Å². The van der Waals surface area contributed by atoms with Crippen molar-refractivity contribution >= 4 is 40.7 Å². The van der Waals surface area contributed by atoms with Crippen LogP contribution in [0.15, 0.2) is 48.8 Å². The number of rotatable bonds is 9. The van der Waals surface area contributed by atoms with Crippen LogP contribution < -0.4 is 21.1 Å². The molecule has 5 N–H and O–H groups in total. The molecule has 1 unspecified atom stereocenters. The lowest BCUT2D eigenvalue weighted by atomic mass is 10.1. The summed E-state index contributed by atoms with van der Waals surface area (Å²) in [4.78, 5) is 52.0. The maximum Gasteiger partial charge on any atom is 0.308 e. The molecule has 31 heavy (non-hydrogen) atoms. The van der Waals surface area contributed by atoms with Crippen LogP contribution in [0.1, 0.15) is 35.3 Å². The smallest absolute Gasteiger partial charge is 0.308 e. The Hall–Kier alpha value is -3.44. The van der Waals surface area contributed by atoms with E-state index < -0.39 is 29.1 Å². The van der Waals surface area contributed by atoms with E-state index in [4.69, 9.17) is 9.88 Å². The average Bonchev–Trinajstić information content (AvgIpc) is 2.78. The van der Waals surface area contributed by atoms with Crippen LogP contribution in [0.2, 0.25) is 0 Å². The molecule has 1 aromatic carbocycles. The summed E-state index contributed by atoms with van der Waals surface area (Å²) in [5.41, 5.74) is 1.28. The highest BCUT2D eigenvalue weighted by Crippen LogP contribution is 2.16. The molecule has 0 aliphatic carbocycles. The van der Waals surface area contributed by atoms with Crippen molar-refractivity contribution in [3.63, 3.8) is 0 Å². The number of carbonyl (C=O) groups excluding carboxylic acids is 4. The normalized spacial score (nSPS) is 11.2. The van der Waals surface area contributed by atoms with Gasteiger partial charge in [0, 0.05) is 35.6 Å². The standard InChI is InChI=1S/C20H23N5O5S/c1-2-30-18(27)10-16(14-6-4-8-22-11-14)25-17(26)12-23-19(28)13-5-3-7-15(9-13)24-20(29)31-21/h3-9,11,16H,2,10,12,21H2,1H3,(H,23,28)(H,24,29)(H,25,26). The van der Waals surface area contributed by atoms with E-state index in [1.165, 1.54) is 12.1 Å². The Bertz CT molecular complexity index is 925. The minimum absolute atomic E-state index is 0.0693. The molecule has 1 atom stereocenters. The fraction of sp³-hybridized carbons (Fsp3) is 0.250. The highest BCUT2D eigenvalue weighted by molar-refractivity contribution is 8.11. The molecular weight excluding hydrogens is 422 g/mol. The van der Waals surface area contributed by atoms with Crippen molar-refractivity contribution in [2.24, 2.45) is 5.14 Å². The first-order chi connectivity index (χ1) is 14.9. The number of aromatic nitrogens is 1. The van der Waals surface area contributed by atoms with Gasteiger partial charge in [0.25, 0.3) is 11.1 Å². The molecule has 0 bridgehead atoms. The van der Waals surface area contributed by atoms with Gasteiger partial charge >= 0.3 is 5.97 Å². The van der Waals surface area contributed by atoms with Gasteiger partial charge in [-0.2, -0.15) is 0 Å². The van der Waals surface area contributed by atoms with E-state index in [0.29, 0.717) is 23.2 Å². The fourth-order valence-electron chi connectivity index (χ4n) is 2.61. The van der Waals surface area contributed by atoms with Crippen LogP contribution in [0.4, 0.5) is 10.5 Å². The number of nitrogens with two attached hydrogens (primary N) is 1. The number of anilines is 1. The number of nitrogens with one attached hydrogen (secondary N) is 3. The molecule has 10 nitrogen and oxygen atoms in total. The summed E-state index contributed by atoms with van der Waals surface area (Å²) in [6.07, 6.45) is 3.05. The summed E-state index contributed by atoms with van der Waals surface area (Å²) >= 11 is 0.518. The number of amides is 3. The Morgan fingerprint density at radius 3 is 2.68 bits per heavy atom. The van der Waals surface area contributed by atoms with Gasteiger partial charge in [-0.15, -0.1) is 0 Å². The maximum absolute atomic E-state index is 12.4. The van der Waals surface area contributed by atoms with Crippen LogP contribution >= 0.6 is 11.9 Å². The van der Waals surface area contributed by atoms with Gasteiger partial charge in [0.2, 0.25) is 5.91 Å². The average molecular weight is 446 g/mol. The summed E-state index contributed by atoms with van der Waals surface area (Å²) < 4.78 is 4.96. The maximum atomic E-state index is 12.4. The summed E-state index contributed by atoms with van der Waals surface area (Å²) in [6, 6.07) is 8.96. The van der Waals surface area contributed by atoms with E-state index >= 15 is 0 Å². The number of hydrogen-bond acceptors (Lipinski definition) is 8. The lowest BCUT2D eigenvalue weighted by Crippen LogP contribution is -2.39. The van der Waals surface area contributed by atoms with Gasteiger partial charge in [0.15, 0.2) is 0 Å². The lowest BCUT2D eigenvalue weighted by molar-refractivity contribution is -0.143. The van der Waals surface area contributed by atoms with Gasteiger partial charge in [-0.3, -0.25) is 29.3 Å². The zero-order chi connectivity index (χ0) is 22.6. The SMILES string of the molecule is CCOC(=O)CC(NC(=O)CNC(=O)c1cccc(NC(=O)SN)c1)c1cccnc1. The number of benzene rings is 1. The molecule has 0 aliphatic rings. The van der Waals surface area contributed by atoms with E-state index in [1.807, 2.05) is 0 Å². The molecule has 11 heteroatoms. The number of carbonyl (C=O) groups is 4. The van der Waals surface area contributed by atoms with Gasteiger partial charge in [0.1, 0.15) is 0 Å². The molecule has 2 aromatic rings. The molecular formula is C20H23N5O5S. The van der Waals surface area contributed by atoms with Crippen molar-refractivity contribution in [2.75, 3.05) is 18.5 Å². The summed E-state index contributed by atoms with van der Waals surface area (Å²) in [6.45, 7) is 1.61. The van der Waals surface area contributed by atoms with E-state index in [9.17, 15) is 19.2 Å². The minimum Gasteiger partial charge on any atom is -0.466 e. The highest BCUT2D eigenvalue weighted by atomic mass is 32.2. The number of hydrogen-bond donors (Lipinski definition) is 4. The second-order valence-electron chi connectivity index (χ2n) is 6.21. The zero-order valence-corrected chi connectivity index (χ0v) is 17.6. The minimum atomic E-state index is -0.649.